The van der Waals surface area contributed by atoms with Gasteiger partial charge in [-0.2, -0.15) is 0 Å². The average Bonchev–Trinajstić information content (AvgIpc) is 2.84. The van der Waals surface area contributed by atoms with Crippen LogP contribution >= 0.6 is 0 Å². The number of aliphatic hydroxyl groups excluding tert-OH is 1. The number of primary amides is 1. The smallest absolute Gasteiger partial charge is 0.223 e. The summed E-state index contributed by atoms with van der Waals surface area (Å²) in [6, 6.07) is 7.78. The van der Waals surface area contributed by atoms with Gasteiger partial charge in [-0.25, -0.2) is 0 Å². The Kier molecular flexibility index (Phi) is 5.41. The van der Waals surface area contributed by atoms with Gasteiger partial charge >= 0.3 is 0 Å². The predicted molar refractivity (Wildman–Crippen MR) is 85.8 cm³/mol. The molecule has 0 aliphatic carbocycles. The summed E-state index contributed by atoms with van der Waals surface area (Å²) in [5.74, 6) is 0.289. The molecular weight excluding hydrogens is 282 g/mol. The van der Waals surface area contributed by atoms with E-state index in [9.17, 15) is 9.90 Å². The maximum absolute atomic E-state index is 11.0. The van der Waals surface area contributed by atoms with E-state index >= 15 is 0 Å². The maximum Gasteiger partial charge on any atom is 0.223 e. The number of rotatable bonds is 8. The quantitative estimate of drug-likeness (QED) is 0.583. The van der Waals surface area contributed by atoms with Crippen LogP contribution in [0.4, 0.5) is 0 Å². The number of nitrogens with two attached hydrogens (primary N) is 1. The lowest BCUT2D eigenvalue weighted by molar-refractivity contribution is -0.117. The van der Waals surface area contributed by atoms with E-state index in [1.165, 1.54) is 0 Å². The van der Waals surface area contributed by atoms with Gasteiger partial charge in [0.2, 0.25) is 5.91 Å². The number of nitrogens with one attached hydrogen (secondary N) is 2. The van der Waals surface area contributed by atoms with E-state index in [2.05, 4.69) is 10.3 Å². The van der Waals surface area contributed by atoms with Crippen molar-refractivity contribution in [2.45, 2.75) is 32.4 Å². The Morgan fingerprint density at radius 2 is 2.23 bits per heavy atom. The monoisotopic (exact) mass is 305 g/mol. The van der Waals surface area contributed by atoms with Crippen LogP contribution in [-0.4, -0.2) is 41.3 Å². The Labute approximate surface area is 129 Å². The van der Waals surface area contributed by atoms with E-state index in [4.69, 9.17) is 10.5 Å². The summed E-state index contributed by atoms with van der Waals surface area (Å²) in [6.45, 7) is 4.73. The zero-order valence-electron chi connectivity index (χ0n) is 12.9. The number of fused-ring (bicyclic) bond motifs is 1. The number of carbonyl (C=O) groups is 1. The summed E-state index contributed by atoms with van der Waals surface area (Å²) in [6.07, 6.45) is -0.420. The first-order chi connectivity index (χ1) is 10.5. The fourth-order valence-electron chi connectivity index (χ4n) is 2.21. The number of aliphatic hydroxyl groups is 1. The molecule has 1 heterocycles. The van der Waals surface area contributed by atoms with Gasteiger partial charge in [0.25, 0.3) is 0 Å². The number of H-pyrrole nitrogens is 1. The van der Waals surface area contributed by atoms with Crippen molar-refractivity contribution in [2.75, 3.05) is 13.2 Å². The largest absolute Gasteiger partial charge is 0.490 e. The molecule has 1 aromatic carbocycles. The van der Waals surface area contributed by atoms with Gasteiger partial charge in [-0.15, -0.1) is 0 Å². The maximum atomic E-state index is 11.0. The van der Waals surface area contributed by atoms with E-state index in [-0.39, 0.29) is 18.9 Å². The van der Waals surface area contributed by atoms with Crippen LogP contribution in [0.3, 0.4) is 0 Å². The van der Waals surface area contributed by atoms with Crippen molar-refractivity contribution >= 4 is 16.8 Å². The van der Waals surface area contributed by atoms with E-state index in [0.29, 0.717) is 18.3 Å². The van der Waals surface area contributed by atoms with Gasteiger partial charge in [-0.1, -0.05) is 19.9 Å². The zero-order valence-corrected chi connectivity index (χ0v) is 12.9. The Morgan fingerprint density at radius 1 is 1.45 bits per heavy atom. The van der Waals surface area contributed by atoms with Gasteiger partial charge in [0.1, 0.15) is 18.5 Å². The Morgan fingerprint density at radius 3 is 2.91 bits per heavy atom. The van der Waals surface area contributed by atoms with Gasteiger partial charge in [0.05, 0.1) is 6.42 Å². The van der Waals surface area contributed by atoms with Crippen LogP contribution in [0, 0.1) is 0 Å². The molecule has 0 spiro atoms. The molecule has 0 saturated heterocycles. The zero-order chi connectivity index (χ0) is 16.1. The highest BCUT2D eigenvalue weighted by atomic mass is 16.5. The van der Waals surface area contributed by atoms with E-state index in [1.54, 1.807) is 0 Å². The molecule has 2 rings (SSSR count). The predicted octanol–water partition coefficient (Wildman–Crippen LogP) is 0.933. The van der Waals surface area contributed by atoms with Crippen molar-refractivity contribution in [1.29, 1.82) is 0 Å². The summed E-state index contributed by atoms with van der Waals surface area (Å²) in [4.78, 5) is 14.1. The molecule has 120 valence electrons. The second-order valence-electron chi connectivity index (χ2n) is 5.68. The van der Waals surface area contributed by atoms with E-state index in [0.717, 1.165) is 16.6 Å². The third kappa shape index (κ3) is 4.47. The number of aromatic amines is 1. The first kappa shape index (κ1) is 16.3. The number of hydrogen-bond donors (Lipinski definition) is 4. The van der Waals surface area contributed by atoms with Crippen molar-refractivity contribution in [3.63, 3.8) is 0 Å². The van der Waals surface area contributed by atoms with Gasteiger partial charge in [0.15, 0.2) is 0 Å². The number of aromatic nitrogens is 1. The van der Waals surface area contributed by atoms with Crippen LogP contribution in [-0.2, 0) is 11.2 Å². The van der Waals surface area contributed by atoms with Crippen molar-refractivity contribution in [1.82, 2.24) is 10.3 Å². The molecular formula is C16H23N3O3. The third-order valence-corrected chi connectivity index (χ3v) is 3.24. The average molecular weight is 305 g/mol. The molecule has 6 heteroatoms. The Balaban J connectivity index is 2.04. The number of amides is 1. The van der Waals surface area contributed by atoms with Gasteiger partial charge in [-0.3, -0.25) is 4.79 Å². The Bertz CT molecular complexity index is 637. The van der Waals surface area contributed by atoms with E-state index < -0.39 is 6.10 Å². The second-order valence-corrected chi connectivity index (χ2v) is 5.68. The number of carbonyl (C=O) groups excluding carboxylic acids is 1. The molecule has 0 radical (unpaired) electrons. The lowest BCUT2D eigenvalue weighted by Gasteiger charge is -2.15. The van der Waals surface area contributed by atoms with Gasteiger partial charge < -0.3 is 25.9 Å². The normalized spacial score (nSPS) is 12.7. The molecule has 1 atom stereocenters. The minimum Gasteiger partial charge on any atom is -0.490 e. The molecule has 1 unspecified atom stereocenters. The standard InChI is InChI=1S/C16H23N3O3/c1-10(2)18-8-12(20)9-22-15-5-3-4-14-13(15)6-11(19-14)7-16(17)21/h3-6,10,12,18-20H,7-9H2,1-2H3,(H2,17,21). The molecule has 1 amide bonds. The molecule has 22 heavy (non-hydrogen) atoms. The number of ether oxygens (including phenoxy) is 1. The molecule has 5 N–H and O–H groups in total. The van der Waals surface area contributed by atoms with Crippen molar-refractivity contribution in [3.8, 4) is 5.75 Å². The van der Waals surface area contributed by atoms with Gasteiger partial charge in [0, 0.05) is 29.2 Å². The third-order valence-electron chi connectivity index (χ3n) is 3.24. The lowest BCUT2D eigenvalue weighted by atomic mass is 10.2. The van der Waals surface area contributed by atoms with Crippen LogP contribution in [0.15, 0.2) is 24.3 Å². The molecule has 2 aromatic rings. The highest BCUT2D eigenvalue weighted by Gasteiger charge is 2.10. The first-order valence-electron chi connectivity index (χ1n) is 7.39. The molecule has 6 nitrogen and oxygen atoms in total. The summed E-state index contributed by atoms with van der Waals surface area (Å²) in [5.41, 5.74) is 6.84. The van der Waals surface area contributed by atoms with Crippen molar-refractivity contribution in [3.05, 3.63) is 30.0 Å². The summed E-state index contributed by atoms with van der Waals surface area (Å²) < 4.78 is 5.71. The van der Waals surface area contributed by atoms with Crippen LogP contribution < -0.4 is 15.8 Å². The topological polar surface area (TPSA) is 100 Å². The van der Waals surface area contributed by atoms with Crippen LogP contribution in [0.1, 0.15) is 19.5 Å². The van der Waals surface area contributed by atoms with Gasteiger partial charge in [-0.05, 0) is 18.2 Å². The highest BCUT2D eigenvalue weighted by molar-refractivity contribution is 5.88. The fourth-order valence-corrected chi connectivity index (χ4v) is 2.21. The molecule has 0 saturated carbocycles. The van der Waals surface area contributed by atoms with Crippen LogP contribution in [0.2, 0.25) is 0 Å². The second kappa shape index (κ2) is 7.29. The van der Waals surface area contributed by atoms with E-state index in [1.807, 2.05) is 38.1 Å². The molecule has 0 bridgehead atoms. The lowest BCUT2D eigenvalue weighted by Crippen LogP contribution is -2.35. The minimum atomic E-state index is -0.582. The molecule has 1 aromatic heterocycles. The van der Waals surface area contributed by atoms with Crippen LogP contribution in [0.25, 0.3) is 10.9 Å². The fraction of sp³-hybridized carbons (Fsp3) is 0.438. The minimum absolute atomic E-state index is 0.162. The molecule has 0 fully saturated rings. The summed E-state index contributed by atoms with van der Waals surface area (Å²) in [5, 5.41) is 13.9. The number of hydrogen-bond acceptors (Lipinski definition) is 4. The van der Waals surface area contributed by atoms with Crippen molar-refractivity contribution in [2.24, 2.45) is 5.73 Å². The first-order valence-corrected chi connectivity index (χ1v) is 7.39. The van der Waals surface area contributed by atoms with Crippen LogP contribution in [0.5, 0.6) is 5.75 Å². The molecule has 0 aliphatic rings. The summed E-state index contributed by atoms with van der Waals surface area (Å²) in [7, 11) is 0. The van der Waals surface area contributed by atoms with Crippen molar-refractivity contribution < 1.29 is 14.6 Å². The Hall–Kier alpha value is -2.05. The number of benzene rings is 1. The highest BCUT2D eigenvalue weighted by Crippen LogP contribution is 2.26. The SMILES string of the molecule is CC(C)NCC(O)COc1cccc2[nH]c(CC(N)=O)cc12. The summed E-state index contributed by atoms with van der Waals surface area (Å²) >= 11 is 0. The molecule has 0 aliphatic heterocycles.